The van der Waals surface area contributed by atoms with Crippen molar-refractivity contribution in [3.8, 4) is 5.75 Å². The fourth-order valence-electron chi connectivity index (χ4n) is 3.99. The van der Waals surface area contributed by atoms with Gasteiger partial charge in [0.15, 0.2) is 15.9 Å². The Morgan fingerprint density at radius 1 is 1.18 bits per heavy atom. The third kappa shape index (κ3) is 5.69. The van der Waals surface area contributed by atoms with Crippen LogP contribution in [0, 0.1) is 0 Å². The Kier molecular flexibility index (Phi) is 8.27. The summed E-state index contributed by atoms with van der Waals surface area (Å²) in [6, 6.07) is 14.4. The monoisotopic (exact) mass is 601 g/mol. The van der Waals surface area contributed by atoms with Crippen molar-refractivity contribution in [3.63, 3.8) is 0 Å². The van der Waals surface area contributed by atoms with Crippen molar-refractivity contribution >= 4 is 63.1 Å². The first-order valence-electron chi connectivity index (χ1n) is 11.8. The second kappa shape index (κ2) is 11.8. The quantitative estimate of drug-likeness (QED) is 0.115. The molecule has 8 nitrogen and oxygen atoms in total. The topological polar surface area (TPSA) is 106 Å². The molecule has 0 saturated carbocycles. The number of nitrogens with zero attached hydrogens (tertiary/aromatic N) is 3. The highest BCUT2D eigenvalue weighted by atomic mass is 35.5. The Balaban J connectivity index is 1.46. The minimum atomic E-state index is -0.952. The number of ether oxygens (including phenoxy) is 1. The molecule has 0 saturated heterocycles. The molecule has 1 aliphatic heterocycles. The zero-order valence-corrected chi connectivity index (χ0v) is 23.6. The number of carbonyl (C=O) groups excluding carboxylic acids is 2. The molecule has 4 aromatic rings. The molecule has 0 spiro atoms. The summed E-state index contributed by atoms with van der Waals surface area (Å²) in [5, 5.41) is 20.7. The van der Waals surface area contributed by atoms with Gasteiger partial charge in [-0.25, -0.2) is 0 Å². The van der Waals surface area contributed by atoms with Gasteiger partial charge < -0.3 is 14.3 Å². The van der Waals surface area contributed by atoms with Crippen LogP contribution < -0.4 is 9.64 Å². The fraction of sp³-hybridized carbons (Fsp3) is 0.185. The minimum absolute atomic E-state index is 0.00690. The predicted octanol–water partition coefficient (Wildman–Crippen LogP) is 7.30. The lowest BCUT2D eigenvalue weighted by molar-refractivity contribution is -0.117. The van der Waals surface area contributed by atoms with Crippen LogP contribution in [-0.4, -0.2) is 33.6 Å². The van der Waals surface area contributed by atoms with E-state index in [2.05, 4.69) is 10.2 Å². The Labute approximate surface area is 242 Å². The van der Waals surface area contributed by atoms with Crippen LogP contribution >= 0.6 is 46.3 Å². The van der Waals surface area contributed by atoms with Gasteiger partial charge in [-0.3, -0.25) is 14.5 Å². The first kappa shape index (κ1) is 27.3. The second-order valence-corrected chi connectivity index (χ2v) is 11.5. The highest BCUT2D eigenvalue weighted by Crippen LogP contribution is 2.44. The summed E-state index contributed by atoms with van der Waals surface area (Å²) in [5.74, 6) is -0.847. The Hall–Kier alpha value is -3.31. The van der Waals surface area contributed by atoms with Gasteiger partial charge in [-0.05, 0) is 53.9 Å². The normalized spacial score (nSPS) is 15.3. The minimum Gasteiger partial charge on any atom is -0.503 e. The van der Waals surface area contributed by atoms with Gasteiger partial charge in [0, 0.05) is 15.8 Å². The zero-order chi connectivity index (χ0) is 27.5. The molecule has 0 bridgehead atoms. The average molecular weight is 603 g/mol. The largest absolute Gasteiger partial charge is 0.503 e. The number of amides is 1. The summed E-state index contributed by atoms with van der Waals surface area (Å²) >= 11 is 14.8. The molecule has 39 heavy (non-hydrogen) atoms. The molecule has 0 fully saturated rings. The van der Waals surface area contributed by atoms with Crippen molar-refractivity contribution in [1.82, 2.24) is 10.2 Å². The summed E-state index contributed by atoms with van der Waals surface area (Å²) in [6.07, 6.45) is 2.21. The molecule has 0 radical (unpaired) electrons. The molecule has 1 atom stereocenters. The number of benzene rings is 2. The van der Waals surface area contributed by atoms with Crippen LogP contribution in [0.5, 0.6) is 5.75 Å². The van der Waals surface area contributed by atoms with Crippen molar-refractivity contribution < 1.29 is 23.8 Å². The summed E-state index contributed by atoms with van der Waals surface area (Å²) < 4.78 is 11.5. The van der Waals surface area contributed by atoms with Crippen molar-refractivity contribution in [2.45, 2.75) is 29.5 Å². The Morgan fingerprint density at radius 3 is 2.67 bits per heavy atom. The second-order valence-electron chi connectivity index (χ2n) is 8.44. The van der Waals surface area contributed by atoms with E-state index in [0.29, 0.717) is 38.1 Å². The van der Waals surface area contributed by atoms with E-state index < -0.39 is 23.5 Å². The van der Waals surface area contributed by atoms with E-state index in [1.807, 2.05) is 13.0 Å². The number of Topliss-reactive ketones (excluding diaryl/α,β-unsaturated/α-hetero) is 1. The highest BCUT2D eigenvalue weighted by molar-refractivity contribution is 8.00. The maximum atomic E-state index is 13.4. The number of halogens is 2. The molecule has 1 N–H and O–H groups in total. The average Bonchev–Trinajstić information content (AvgIpc) is 3.68. The van der Waals surface area contributed by atoms with Crippen LogP contribution in [0.1, 0.15) is 41.1 Å². The number of aliphatic hydroxyl groups is 1. The van der Waals surface area contributed by atoms with Gasteiger partial charge in [-0.1, -0.05) is 71.4 Å². The Bertz CT molecular complexity index is 1540. The molecule has 2 aromatic heterocycles. The van der Waals surface area contributed by atoms with Gasteiger partial charge in [0.25, 0.3) is 5.91 Å². The lowest BCUT2D eigenvalue weighted by Gasteiger charge is -2.24. The summed E-state index contributed by atoms with van der Waals surface area (Å²) in [4.78, 5) is 28.0. The number of thioether (sulfide) groups is 1. The van der Waals surface area contributed by atoms with E-state index in [0.717, 1.165) is 12.0 Å². The molecule has 1 aliphatic rings. The van der Waals surface area contributed by atoms with Crippen LogP contribution in [0.25, 0.3) is 0 Å². The van der Waals surface area contributed by atoms with E-state index in [4.69, 9.17) is 32.4 Å². The first-order chi connectivity index (χ1) is 18.9. The van der Waals surface area contributed by atoms with Gasteiger partial charge in [0.2, 0.25) is 10.9 Å². The van der Waals surface area contributed by atoms with Crippen LogP contribution in [0.3, 0.4) is 0 Å². The molecule has 200 valence electrons. The van der Waals surface area contributed by atoms with Gasteiger partial charge in [-0.2, -0.15) is 0 Å². The number of aromatic nitrogens is 2. The predicted molar refractivity (Wildman–Crippen MR) is 151 cm³/mol. The smallest absolute Gasteiger partial charge is 0.296 e. The third-order valence-corrected chi connectivity index (χ3v) is 8.53. The lowest BCUT2D eigenvalue weighted by Crippen LogP contribution is -2.31. The number of aliphatic hydroxyl groups excluding tert-OH is 1. The van der Waals surface area contributed by atoms with E-state index in [-0.39, 0.29) is 16.5 Å². The van der Waals surface area contributed by atoms with Crippen LogP contribution in [-0.2, 0) is 10.5 Å². The fourth-order valence-corrected chi connectivity index (χ4v) is 6.42. The molecule has 1 unspecified atom stereocenters. The van der Waals surface area contributed by atoms with Gasteiger partial charge in [0.1, 0.15) is 5.75 Å². The molecule has 0 aliphatic carbocycles. The Morgan fingerprint density at radius 2 is 1.97 bits per heavy atom. The zero-order valence-electron chi connectivity index (χ0n) is 20.5. The van der Waals surface area contributed by atoms with Crippen LogP contribution in [0.2, 0.25) is 10.0 Å². The molecular weight excluding hydrogens is 581 g/mol. The number of ketones is 1. The van der Waals surface area contributed by atoms with Crippen LogP contribution in [0.4, 0.5) is 5.13 Å². The molecule has 3 heterocycles. The molecule has 2 aromatic carbocycles. The summed E-state index contributed by atoms with van der Waals surface area (Å²) in [6.45, 7) is 2.57. The van der Waals surface area contributed by atoms with Crippen molar-refractivity contribution in [3.05, 3.63) is 99.1 Å². The van der Waals surface area contributed by atoms with E-state index in [1.165, 1.54) is 40.3 Å². The third-order valence-electron chi connectivity index (χ3n) is 5.83. The number of hydrogen-bond acceptors (Lipinski definition) is 9. The van der Waals surface area contributed by atoms with E-state index in [9.17, 15) is 14.7 Å². The number of carbonyl (C=O) groups is 2. The highest BCUT2D eigenvalue weighted by Gasteiger charge is 2.46. The van der Waals surface area contributed by atoms with Gasteiger partial charge >= 0.3 is 0 Å². The number of anilines is 1. The molecule has 12 heteroatoms. The molecule has 1 amide bonds. The van der Waals surface area contributed by atoms with Crippen LogP contribution in [0.15, 0.2) is 80.9 Å². The number of rotatable bonds is 10. The lowest BCUT2D eigenvalue weighted by atomic mass is 9.95. The van der Waals surface area contributed by atoms with E-state index in [1.54, 1.807) is 42.5 Å². The SMILES string of the molecule is CCCOc1ccc(C2C(C(=O)c3ccco3)=C(O)C(=O)N2c2nnc(SCc3ccc(Cl)cc3Cl)s2)cc1. The number of furan rings is 1. The van der Waals surface area contributed by atoms with Crippen molar-refractivity contribution in [2.75, 3.05) is 11.5 Å². The standard InChI is InChI=1S/C27H21Cl2N3O5S2/c1-2-11-36-18-9-6-15(7-10-18)22-21(23(33)20-4-3-12-37-20)24(34)25(35)32(22)26-30-31-27(39-26)38-14-16-5-8-17(28)13-19(16)29/h3-10,12-13,22,34H,2,11,14H2,1H3. The number of hydrogen-bond donors (Lipinski definition) is 1. The van der Waals surface area contributed by atoms with Crippen molar-refractivity contribution in [2.24, 2.45) is 0 Å². The molecular formula is C27H21Cl2N3O5S2. The maximum Gasteiger partial charge on any atom is 0.296 e. The molecule has 5 rings (SSSR count). The first-order valence-corrected chi connectivity index (χ1v) is 14.4. The summed E-state index contributed by atoms with van der Waals surface area (Å²) in [7, 11) is 0. The summed E-state index contributed by atoms with van der Waals surface area (Å²) in [5.41, 5.74) is 1.35. The van der Waals surface area contributed by atoms with Gasteiger partial charge in [-0.15, -0.1) is 10.2 Å². The van der Waals surface area contributed by atoms with Gasteiger partial charge in [0.05, 0.1) is 24.5 Å². The van der Waals surface area contributed by atoms with E-state index >= 15 is 0 Å². The maximum absolute atomic E-state index is 13.4. The van der Waals surface area contributed by atoms with Crippen molar-refractivity contribution in [1.29, 1.82) is 0 Å².